The fourth-order valence-corrected chi connectivity index (χ4v) is 3.00. The van der Waals surface area contributed by atoms with E-state index in [0.29, 0.717) is 6.42 Å². The summed E-state index contributed by atoms with van der Waals surface area (Å²) < 4.78 is 34.7. The number of aromatic hydroxyl groups is 1. The van der Waals surface area contributed by atoms with Crippen molar-refractivity contribution in [3.8, 4) is 5.75 Å². The summed E-state index contributed by atoms with van der Waals surface area (Å²) in [5.41, 5.74) is 8.58. The molecule has 0 heterocycles. The molecular formula is C23H25NO6S. The number of carbonyl (C=O) groups excluding carboxylic acids is 1. The van der Waals surface area contributed by atoms with Crippen LogP contribution in [0, 0.1) is 6.92 Å². The number of rotatable bonds is 6. The van der Waals surface area contributed by atoms with E-state index in [1.165, 1.54) is 12.1 Å². The molecular weight excluding hydrogens is 418 g/mol. The minimum atomic E-state index is -4.02. The van der Waals surface area contributed by atoms with Gasteiger partial charge in [-0.05, 0) is 48.7 Å². The fraction of sp³-hybridized carbons (Fsp3) is 0.174. The van der Waals surface area contributed by atoms with Crippen molar-refractivity contribution in [3.05, 3.63) is 95.6 Å². The van der Waals surface area contributed by atoms with E-state index in [-0.39, 0.29) is 17.3 Å². The zero-order chi connectivity index (χ0) is 22.9. The average molecular weight is 444 g/mol. The Morgan fingerprint density at radius 2 is 1.52 bits per heavy atom. The van der Waals surface area contributed by atoms with E-state index >= 15 is 0 Å². The average Bonchev–Trinajstić information content (AvgIpc) is 2.74. The second-order valence-electron chi connectivity index (χ2n) is 6.86. The van der Waals surface area contributed by atoms with Crippen LogP contribution < -0.4 is 5.73 Å². The number of hydrogen-bond acceptors (Lipinski definition) is 6. The van der Waals surface area contributed by atoms with Crippen molar-refractivity contribution in [3.63, 3.8) is 0 Å². The summed E-state index contributed by atoms with van der Waals surface area (Å²) in [5.74, 6) is -0.240. The highest BCUT2D eigenvalue weighted by Crippen LogP contribution is 2.12. The molecule has 0 aliphatic heterocycles. The van der Waals surface area contributed by atoms with Crippen LogP contribution in [0.4, 0.5) is 0 Å². The highest BCUT2D eigenvalue weighted by molar-refractivity contribution is 7.85. The Hall–Kier alpha value is -3.20. The van der Waals surface area contributed by atoms with Gasteiger partial charge in [0.05, 0.1) is 4.90 Å². The van der Waals surface area contributed by atoms with Crippen molar-refractivity contribution in [1.82, 2.24) is 0 Å². The van der Waals surface area contributed by atoms with E-state index in [1.54, 1.807) is 36.4 Å². The predicted octanol–water partition coefficient (Wildman–Crippen LogP) is 3.25. The molecule has 3 aromatic rings. The first-order valence-electron chi connectivity index (χ1n) is 9.43. The van der Waals surface area contributed by atoms with Crippen LogP contribution in [0.25, 0.3) is 0 Å². The molecule has 0 fully saturated rings. The smallest absolute Gasteiger partial charge is 0.323 e. The molecule has 3 rings (SSSR count). The van der Waals surface area contributed by atoms with Gasteiger partial charge in [-0.2, -0.15) is 8.42 Å². The second-order valence-corrected chi connectivity index (χ2v) is 8.28. The predicted molar refractivity (Wildman–Crippen MR) is 117 cm³/mol. The van der Waals surface area contributed by atoms with Gasteiger partial charge in [0.15, 0.2) is 0 Å². The molecule has 0 saturated heterocycles. The summed E-state index contributed by atoms with van der Waals surface area (Å²) in [6.07, 6.45) is 0.383. The molecule has 1 atom stereocenters. The van der Waals surface area contributed by atoms with Crippen molar-refractivity contribution in [1.29, 1.82) is 0 Å². The molecule has 1 unspecified atom stereocenters. The van der Waals surface area contributed by atoms with Gasteiger partial charge in [0, 0.05) is 0 Å². The Morgan fingerprint density at radius 3 is 2.06 bits per heavy atom. The summed E-state index contributed by atoms with van der Waals surface area (Å²) in [5, 5.41) is 9.19. The first-order valence-corrected chi connectivity index (χ1v) is 10.9. The Bertz CT molecular complexity index is 1070. The highest BCUT2D eigenvalue weighted by Gasteiger charge is 2.15. The maximum absolute atomic E-state index is 11.8. The monoisotopic (exact) mass is 443 g/mol. The number of esters is 1. The Morgan fingerprint density at radius 1 is 0.935 bits per heavy atom. The molecule has 0 amide bonds. The molecule has 3 aromatic carbocycles. The highest BCUT2D eigenvalue weighted by atomic mass is 32.2. The van der Waals surface area contributed by atoms with Crippen LogP contribution in [0.3, 0.4) is 0 Å². The summed E-state index contributed by atoms with van der Waals surface area (Å²) in [4.78, 5) is 11.7. The van der Waals surface area contributed by atoms with E-state index < -0.39 is 22.1 Å². The van der Waals surface area contributed by atoms with E-state index in [0.717, 1.165) is 16.7 Å². The van der Waals surface area contributed by atoms with Crippen LogP contribution in [0.2, 0.25) is 0 Å². The van der Waals surface area contributed by atoms with Gasteiger partial charge in [-0.1, -0.05) is 60.2 Å². The van der Waals surface area contributed by atoms with Gasteiger partial charge in [0.25, 0.3) is 10.1 Å². The zero-order valence-corrected chi connectivity index (χ0v) is 17.8. The molecule has 0 spiro atoms. The normalized spacial score (nSPS) is 11.7. The van der Waals surface area contributed by atoms with Gasteiger partial charge in [-0.3, -0.25) is 9.35 Å². The molecule has 0 radical (unpaired) electrons. The first kappa shape index (κ1) is 24.1. The Labute approximate surface area is 181 Å². The summed E-state index contributed by atoms with van der Waals surface area (Å²) in [7, 11) is -4.02. The minimum Gasteiger partial charge on any atom is -0.508 e. The third kappa shape index (κ3) is 8.59. The van der Waals surface area contributed by atoms with Crippen molar-refractivity contribution in [2.75, 3.05) is 0 Å². The molecule has 8 heteroatoms. The SMILES string of the molecule is Cc1ccc(S(=O)(=O)O)cc1.NC(Cc1ccc(O)cc1)C(=O)OCc1ccccc1. The van der Waals surface area contributed by atoms with Crippen molar-refractivity contribution in [2.24, 2.45) is 5.73 Å². The Kier molecular flexibility index (Phi) is 8.75. The standard InChI is InChI=1S/C16H17NO3.C7H8O3S/c17-15(10-12-6-8-14(18)9-7-12)16(19)20-11-13-4-2-1-3-5-13;1-6-2-4-7(5-3-6)11(8,9)10/h1-9,15,18H,10-11,17H2;2-5H,1H3,(H,8,9,10). The molecule has 0 aliphatic carbocycles. The molecule has 0 bridgehead atoms. The van der Waals surface area contributed by atoms with Gasteiger partial charge in [-0.25, -0.2) is 0 Å². The van der Waals surface area contributed by atoms with Gasteiger partial charge in [-0.15, -0.1) is 0 Å². The topological polar surface area (TPSA) is 127 Å². The number of aryl methyl sites for hydroxylation is 1. The fourth-order valence-electron chi connectivity index (χ4n) is 2.52. The van der Waals surface area contributed by atoms with E-state index in [2.05, 4.69) is 0 Å². The third-order valence-corrected chi connectivity index (χ3v) is 5.11. The summed E-state index contributed by atoms with van der Waals surface area (Å²) in [6, 6.07) is 21.3. The number of phenols is 1. The molecule has 164 valence electrons. The van der Waals surface area contributed by atoms with Crippen LogP contribution in [0.5, 0.6) is 5.75 Å². The first-order chi connectivity index (χ1) is 14.6. The maximum atomic E-state index is 11.8. The molecule has 0 saturated carbocycles. The lowest BCUT2D eigenvalue weighted by molar-refractivity contribution is -0.146. The second kappa shape index (κ2) is 11.3. The van der Waals surface area contributed by atoms with E-state index in [9.17, 15) is 18.3 Å². The quantitative estimate of drug-likeness (QED) is 0.394. The number of nitrogens with two attached hydrogens (primary N) is 1. The number of ether oxygens (including phenoxy) is 1. The zero-order valence-electron chi connectivity index (χ0n) is 17.0. The largest absolute Gasteiger partial charge is 0.508 e. The number of phenolic OH excluding ortho intramolecular Hbond substituents is 1. The van der Waals surface area contributed by atoms with Crippen LogP contribution in [-0.2, 0) is 32.7 Å². The van der Waals surface area contributed by atoms with Crippen LogP contribution >= 0.6 is 0 Å². The maximum Gasteiger partial charge on any atom is 0.323 e. The minimum absolute atomic E-state index is 0.0666. The Balaban J connectivity index is 0.000000262. The molecule has 4 N–H and O–H groups in total. The number of carbonyl (C=O) groups is 1. The van der Waals surface area contributed by atoms with Gasteiger partial charge in [0.1, 0.15) is 18.4 Å². The van der Waals surface area contributed by atoms with Crippen LogP contribution in [-0.4, -0.2) is 30.1 Å². The van der Waals surface area contributed by atoms with Crippen LogP contribution in [0.15, 0.2) is 83.8 Å². The van der Waals surface area contributed by atoms with Crippen molar-refractivity contribution >= 4 is 16.1 Å². The summed E-state index contributed by atoms with van der Waals surface area (Å²) in [6.45, 7) is 2.07. The lowest BCUT2D eigenvalue weighted by atomic mass is 10.1. The molecule has 7 nitrogen and oxygen atoms in total. The molecule has 0 aromatic heterocycles. The lowest BCUT2D eigenvalue weighted by Gasteiger charge is -2.11. The number of hydrogen-bond donors (Lipinski definition) is 3. The lowest BCUT2D eigenvalue weighted by Crippen LogP contribution is -2.34. The van der Waals surface area contributed by atoms with Gasteiger partial charge >= 0.3 is 5.97 Å². The third-order valence-electron chi connectivity index (χ3n) is 4.24. The summed E-state index contributed by atoms with van der Waals surface area (Å²) >= 11 is 0. The van der Waals surface area contributed by atoms with Gasteiger partial charge < -0.3 is 15.6 Å². The molecule has 31 heavy (non-hydrogen) atoms. The van der Waals surface area contributed by atoms with Crippen LogP contribution in [0.1, 0.15) is 16.7 Å². The van der Waals surface area contributed by atoms with E-state index in [4.69, 9.17) is 15.0 Å². The van der Waals surface area contributed by atoms with Crippen molar-refractivity contribution in [2.45, 2.75) is 30.9 Å². The van der Waals surface area contributed by atoms with E-state index in [1.807, 2.05) is 37.3 Å². The van der Waals surface area contributed by atoms with Crippen molar-refractivity contribution < 1.29 is 27.6 Å². The molecule has 0 aliphatic rings. The van der Waals surface area contributed by atoms with Gasteiger partial charge in [0.2, 0.25) is 0 Å². The number of benzene rings is 3.